The van der Waals surface area contributed by atoms with Gasteiger partial charge in [-0.25, -0.2) is 4.79 Å². The van der Waals surface area contributed by atoms with Gasteiger partial charge in [0.05, 0.1) is 12.0 Å². The summed E-state index contributed by atoms with van der Waals surface area (Å²) >= 11 is 0. The quantitative estimate of drug-likeness (QED) is 0.862. The van der Waals surface area contributed by atoms with Crippen LogP contribution in [0.2, 0.25) is 0 Å². The van der Waals surface area contributed by atoms with E-state index >= 15 is 0 Å². The van der Waals surface area contributed by atoms with Crippen LogP contribution in [0, 0.1) is 0 Å². The fourth-order valence-corrected chi connectivity index (χ4v) is 3.44. The molecular weight excluding hydrogens is 308 g/mol. The summed E-state index contributed by atoms with van der Waals surface area (Å²) in [5, 5.41) is 9.09. The molecule has 1 aliphatic rings. The first-order chi connectivity index (χ1) is 11.2. The number of carboxylic acid groups (broad SMARTS) is 1. The van der Waals surface area contributed by atoms with E-state index in [1.807, 2.05) is 24.3 Å². The molecule has 1 aliphatic heterocycles. The number of amides is 2. The van der Waals surface area contributed by atoms with E-state index in [1.54, 1.807) is 7.11 Å². The Balaban J connectivity index is 2.27. The van der Waals surface area contributed by atoms with Crippen molar-refractivity contribution in [3.8, 4) is 0 Å². The van der Waals surface area contributed by atoms with E-state index in [-0.39, 0.29) is 5.41 Å². The van der Waals surface area contributed by atoms with Crippen molar-refractivity contribution in [3.05, 3.63) is 35.4 Å². The van der Waals surface area contributed by atoms with Gasteiger partial charge in [0.25, 0.3) is 0 Å². The van der Waals surface area contributed by atoms with Crippen molar-refractivity contribution in [2.45, 2.75) is 37.5 Å². The Morgan fingerprint density at radius 3 is 2.21 bits per heavy atom. The lowest BCUT2D eigenvalue weighted by Gasteiger charge is -2.39. The molecule has 0 radical (unpaired) electrons. The van der Waals surface area contributed by atoms with Crippen LogP contribution in [-0.4, -0.2) is 48.8 Å². The Hall–Kier alpha value is -2.08. The van der Waals surface area contributed by atoms with Gasteiger partial charge in [-0.1, -0.05) is 38.1 Å². The molecule has 0 bridgehead atoms. The van der Waals surface area contributed by atoms with Crippen LogP contribution >= 0.6 is 0 Å². The fourth-order valence-electron chi connectivity index (χ4n) is 3.44. The van der Waals surface area contributed by atoms with Gasteiger partial charge in [0, 0.05) is 25.6 Å². The number of benzene rings is 1. The van der Waals surface area contributed by atoms with Gasteiger partial charge in [-0.3, -0.25) is 4.79 Å². The normalized spacial score (nSPS) is 17.5. The van der Waals surface area contributed by atoms with Crippen LogP contribution < -0.4 is 5.73 Å². The number of hydrogen-bond donors (Lipinski definition) is 2. The lowest BCUT2D eigenvalue weighted by Crippen LogP contribution is -2.51. The largest absolute Gasteiger partial charge is 0.465 e. The van der Waals surface area contributed by atoms with Gasteiger partial charge in [-0.15, -0.1) is 0 Å². The van der Waals surface area contributed by atoms with Gasteiger partial charge < -0.3 is 20.5 Å². The third kappa shape index (κ3) is 3.38. The van der Waals surface area contributed by atoms with Crippen LogP contribution in [0.5, 0.6) is 0 Å². The number of hydrogen-bond acceptors (Lipinski definition) is 3. The highest BCUT2D eigenvalue weighted by Crippen LogP contribution is 2.36. The second-order valence-electron chi connectivity index (χ2n) is 7.11. The molecule has 132 valence electrons. The molecule has 1 fully saturated rings. The monoisotopic (exact) mass is 334 g/mol. The molecule has 0 spiro atoms. The minimum Gasteiger partial charge on any atom is -0.465 e. The van der Waals surface area contributed by atoms with Crippen molar-refractivity contribution in [1.29, 1.82) is 0 Å². The zero-order valence-electron chi connectivity index (χ0n) is 14.5. The van der Waals surface area contributed by atoms with Crippen molar-refractivity contribution in [1.82, 2.24) is 4.90 Å². The molecule has 3 N–H and O–H groups in total. The summed E-state index contributed by atoms with van der Waals surface area (Å²) in [5.74, 6) is -0.392. The number of nitrogens with two attached hydrogens (primary N) is 1. The summed E-state index contributed by atoms with van der Waals surface area (Å²) in [4.78, 5) is 24.6. The molecule has 24 heavy (non-hydrogen) atoms. The summed E-state index contributed by atoms with van der Waals surface area (Å²) in [6.07, 6.45) is -0.130. The third-order valence-electron chi connectivity index (χ3n) is 5.08. The summed E-state index contributed by atoms with van der Waals surface area (Å²) in [7, 11) is 1.68. The minimum absolute atomic E-state index is 0.125. The first kappa shape index (κ1) is 18.3. The number of primary amides is 1. The minimum atomic E-state index is -0.954. The molecule has 6 nitrogen and oxygen atoms in total. The third-order valence-corrected chi connectivity index (χ3v) is 5.08. The van der Waals surface area contributed by atoms with Crippen molar-refractivity contribution >= 4 is 12.0 Å². The van der Waals surface area contributed by atoms with E-state index < -0.39 is 17.4 Å². The fraction of sp³-hybridized carbons (Fsp3) is 0.556. The first-order valence-electron chi connectivity index (χ1n) is 8.11. The Morgan fingerprint density at radius 2 is 1.79 bits per heavy atom. The topological polar surface area (TPSA) is 92.9 Å². The van der Waals surface area contributed by atoms with Crippen molar-refractivity contribution < 1.29 is 19.4 Å². The lowest BCUT2D eigenvalue weighted by atomic mass is 9.71. The van der Waals surface area contributed by atoms with Crippen molar-refractivity contribution in [2.24, 2.45) is 5.73 Å². The highest BCUT2D eigenvalue weighted by atomic mass is 16.5. The predicted octanol–water partition coefficient (Wildman–Crippen LogP) is 2.11. The number of methoxy groups -OCH3 is 1. The summed E-state index contributed by atoms with van der Waals surface area (Å²) < 4.78 is 5.26. The second-order valence-corrected chi connectivity index (χ2v) is 7.11. The average Bonchev–Trinajstić information content (AvgIpc) is 2.54. The predicted molar refractivity (Wildman–Crippen MR) is 91.0 cm³/mol. The van der Waals surface area contributed by atoms with Gasteiger partial charge in [0.15, 0.2) is 0 Å². The Morgan fingerprint density at radius 1 is 1.25 bits per heavy atom. The molecule has 2 amide bonds. The highest BCUT2D eigenvalue weighted by Gasteiger charge is 2.42. The first-order valence-corrected chi connectivity index (χ1v) is 8.11. The summed E-state index contributed by atoms with van der Waals surface area (Å²) in [6.45, 7) is 5.42. The molecule has 1 heterocycles. The molecule has 1 saturated heterocycles. The molecule has 0 saturated carbocycles. The number of ether oxygens (including phenoxy) is 1. The van der Waals surface area contributed by atoms with Crippen LogP contribution in [0.1, 0.15) is 37.8 Å². The second kappa shape index (κ2) is 6.81. The van der Waals surface area contributed by atoms with E-state index in [0.29, 0.717) is 32.5 Å². The van der Waals surface area contributed by atoms with E-state index in [1.165, 1.54) is 4.90 Å². The standard InChI is InChI=1S/C18H26N2O4/c1-17(2,12-24-3)13-4-6-14(7-5-13)18(15(19)21)8-10-20(11-9-18)16(22)23/h4-7H,8-12H2,1-3H3,(H2,19,21)(H,22,23). The number of likely N-dealkylation sites (tertiary alicyclic amines) is 1. The number of carbonyl (C=O) groups excluding carboxylic acids is 1. The molecule has 0 atom stereocenters. The molecule has 2 rings (SSSR count). The van der Waals surface area contributed by atoms with Gasteiger partial charge in [-0.2, -0.15) is 0 Å². The molecule has 1 aromatic rings. The SMILES string of the molecule is COCC(C)(C)c1ccc(C2(C(N)=O)CCN(C(=O)O)CC2)cc1. The Labute approximate surface area is 142 Å². The van der Waals surface area contributed by atoms with Gasteiger partial charge in [0.2, 0.25) is 5.91 Å². The highest BCUT2D eigenvalue weighted by molar-refractivity contribution is 5.87. The van der Waals surface area contributed by atoms with Crippen LogP contribution in [0.3, 0.4) is 0 Å². The molecular formula is C18H26N2O4. The van der Waals surface area contributed by atoms with Gasteiger partial charge >= 0.3 is 6.09 Å². The number of rotatable bonds is 5. The maximum atomic E-state index is 12.2. The lowest BCUT2D eigenvalue weighted by molar-refractivity contribution is -0.125. The van der Waals surface area contributed by atoms with Crippen LogP contribution in [-0.2, 0) is 20.4 Å². The Bertz CT molecular complexity index is 602. The average molecular weight is 334 g/mol. The maximum Gasteiger partial charge on any atom is 0.407 e. The van der Waals surface area contributed by atoms with Crippen LogP contribution in [0.15, 0.2) is 24.3 Å². The Kier molecular flexibility index (Phi) is 5.18. The van der Waals surface area contributed by atoms with Crippen molar-refractivity contribution in [3.63, 3.8) is 0 Å². The molecule has 0 aliphatic carbocycles. The molecule has 6 heteroatoms. The smallest absolute Gasteiger partial charge is 0.407 e. The van der Waals surface area contributed by atoms with Crippen LogP contribution in [0.4, 0.5) is 4.79 Å². The van der Waals surface area contributed by atoms with Crippen molar-refractivity contribution in [2.75, 3.05) is 26.8 Å². The number of carbonyl (C=O) groups is 2. The van der Waals surface area contributed by atoms with Gasteiger partial charge in [-0.05, 0) is 24.0 Å². The van der Waals surface area contributed by atoms with E-state index in [9.17, 15) is 9.59 Å². The zero-order valence-corrected chi connectivity index (χ0v) is 14.5. The number of nitrogens with zero attached hydrogens (tertiary/aromatic N) is 1. The molecule has 0 aromatic heterocycles. The zero-order chi connectivity index (χ0) is 18.0. The van der Waals surface area contributed by atoms with Gasteiger partial charge in [0.1, 0.15) is 0 Å². The number of piperidine rings is 1. The maximum absolute atomic E-state index is 12.2. The summed E-state index contributed by atoms with van der Waals surface area (Å²) in [5.41, 5.74) is 6.76. The van der Waals surface area contributed by atoms with E-state index in [2.05, 4.69) is 13.8 Å². The molecule has 1 aromatic carbocycles. The van der Waals surface area contributed by atoms with Crippen LogP contribution in [0.25, 0.3) is 0 Å². The summed E-state index contributed by atoms with van der Waals surface area (Å²) in [6, 6.07) is 7.88. The molecule has 0 unspecified atom stereocenters. The van der Waals surface area contributed by atoms with E-state index in [0.717, 1.165) is 11.1 Å². The van der Waals surface area contributed by atoms with E-state index in [4.69, 9.17) is 15.6 Å².